The van der Waals surface area contributed by atoms with Crippen LogP contribution in [-0.2, 0) is 11.3 Å². The van der Waals surface area contributed by atoms with Crippen LogP contribution in [0.25, 0.3) is 0 Å². The third-order valence-electron chi connectivity index (χ3n) is 3.08. The monoisotopic (exact) mass is 282 g/mol. The fourth-order valence-corrected chi connectivity index (χ4v) is 3.05. The highest BCUT2D eigenvalue weighted by molar-refractivity contribution is 7.99. The molecule has 1 aliphatic heterocycles. The average molecular weight is 282 g/mol. The van der Waals surface area contributed by atoms with Gasteiger partial charge in [-0.15, -0.1) is 0 Å². The maximum atomic E-state index is 11.7. The topological polar surface area (TPSA) is 59.0 Å². The number of rotatable bonds is 6. The summed E-state index contributed by atoms with van der Waals surface area (Å²) in [5.74, 6) is 2.35. The van der Waals surface area contributed by atoms with Gasteiger partial charge >= 0.3 is 0 Å². The summed E-state index contributed by atoms with van der Waals surface area (Å²) in [6, 6.07) is 0.340. The first-order chi connectivity index (χ1) is 9.24. The minimum absolute atomic E-state index is 0.150. The fourth-order valence-electron chi connectivity index (χ4n) is 2.10. The minimum Gasteiger partial charge on any atom is -0.356 e. The molecule has 1 aromatic heterocycles. The van der Waals surface area contributed by atoms with Crippen LogP contribution in [0, 0.1) is 6.92 Å². The summed E-state index contributed by atoms with van der Waals surface area (Å²) in [5, 5.41) is 10.6. The van der Waals surface area contributed by atoms with Crippen molar-refractivity contribution in [3.05, 3.63) is 18.0 Å². The molecule has 1 fully saturated rings. The predicted molar refractivity (Wildman–Crippen MR) is 78.3 cm³/mol. The van der Waals surface area contributed by atoms with Crippen molar-refractivity contribution < 1.29 is 4.79 Å². The molecule has 1 atom stereocenters. The van der Waals surface area contributed by atoms with Crippen molar-refractivity contribution in [3.8, 4) is 0 Å². The highest BCUT2D eigenvalue weighted by Crippen LogP contribution is 2.09. The lowest BCUT2D eigenvalue weighted by molar-refractivity contribution is -0.121. The Morgan fingerprint density at radius 3 is 3.26 bits per heavy atom. The Bertz CT molecular complexity index is 401. The normalized spacial score (nSPS) is 19.3. The van der Waals surface area contributed by atoms with Gasteiger partial charge in [0.1, 0.15) is 0 Å². The van der Waals surface area contributed by atoms with Gasteiger partial charge in [-0.05, 0) is 18.9 Å². The van der Waals surface area contributed by atoms with Gasteiger partial charge in [0.05, 0.1) is 6.20 Å². The van der Waals surface area contributed by atoms with Crippen LogP contribution in [0.3, 0.4) is 0 Å². The Morgan fingerprint density at radius 1 is 1.68 bits per heavy atom. The van der Waals surface area contributed by atoms with Crippen molar-refractivity contribution >= 4 is 17.7 Å². The van der Waals surface area contributed by atoms with Gasteiger partial charge in [-0.25, -0.2) is 0 Å². The number of carbonyl (C=O) groups is 1. The van der Waals surface area contributed by atoms with Crippen LogP contribution in [0.1, 0.15) is 18.4 Å². The second-order valence-corrected chi connectivity index (χ2v) is 6.06. The van der Waals surface area contributed by atoms with Gasteiger partial charge in [-0.3, -0.25) is 9.48 Å². The van der Waals surface area contributed by atoms with Crippen molar-refractivity contribution in [3.63, 3.8) is 0 Å². The molecule has 0 spiro atoms. The summed E-state index contributed by atoms with van der Waals surface area (Å²) in [4.78, 5) is 11.7. The van der Waals surface area contributed by atoms with E-state index in [1.54, 1.807) is 0 Å². The van der Waals surface area contributed by atoms with Crippen LogP contribution < -0.4 is 10.6 Å². The molecule has 1 amide bonds. The average Bonchev–Trinajstić information content (AvgIpc) is 2.82. The maximum Gasteiger partial charge on any atom is 0.221 e. The molecule has 2 N–H and O–H groups in total. The number of nitrogens with one attached hydrogen (secondary N) is 2. The number of hydrogen-bond acceptors (Lipinski definition) is 4. The molecule has 1 saturated heterocycles. The molecule has 0 radical (unpaired) electrons. The van der Waals surface area contributed by atoms with E-state index < -0.39 is 0 Å². The molecule has 5 nitrogen and oxygen atoms in total. The van der Waals surface area contributed by atoms with E-state index in [0.29, 0.717) is 12.5 Å². The van der Waals surface area contributed by atoms with E-state index in [4.69, 9.17) is 0 Å². The van der Waals surface area contributed by atoms with Gasteiger partial charge in [0.15, 0.2) is 0 Å². The molecule has 1 aliphatic rings. The summed E-state index contributed by atoms with van der Waals surface area (Å²) >= 11 is 1.92. The van der Waals surface area contributed by atoms with Gasteiger partial charge in [-0.2, -0.15) is 16.9 Å². The summed E-state index contributed by atoms with van der Waals surface area (Å²) in [5.41, 5.74) is 1.17. The highest BCUT2D eigenvalue weighted by Gasteiger charge is 2.16. The zero-order valence-corrected chi connectivity index (χ0v) is 12.2. The second kappa shape index (κ2) is 7.55. The molecule has 106 valence electrons. The SMILES string of the molecule is Cc1cnn(CCCNC(=O)C[C@@H]2CSCCN2)c1. The molecule has 2 rings (SSSR count). The smallest absolute Gasteiger partial charge is 0.221 e. The Balaban J connectivity index is 1.56. The predicted octanol–water partition coefficient (Wildman–Crippen LogP) is 0.793. The first-order valence-corrected chi connectivity index (χ1v) is 7.96. The molecule has 0 aromatic carbocycles. The van der Waals surface area contributed by atoms with Crippen molar-refractivity contribution in [2.24, 2.45) is 0 Å². The van der Waals surface area contributed by atoms with E-state index in [9.17, 15) is 4.79 Å². The van der Waals surface area contributed by atoms with E-state index >= 15 is 0 Å². The second-order valence-electron chi connectivity index (χ2n) is 4.91. The fraction of sp³-hybridized carbons (Fsp3) is 0.692. The third kappa shape index (κ3) is 5.24. The van der Waals surface area contributed by atoms with Crippen LogP contribution in [0.5, 0.6) is 0 Å². The lowest BCUT2D eigenvalue weighted by Gasteiger charge is -2.22. The van der Waals surface area contributed by atoms with E-state index in [0.717, 1.165) is 37.6 Å². The third-order valence-corrected chi connectivity index (χ3v) is 4.21. The summed E-state index contributed by atoms with van der Waals surface area (Å²) in [6.07, 6.45) is 5.38. The highest BCUT2D eigenvalue weighted by atomic mass is 32.2. The minimum atomic E-state index is 0.150. The largest absolute Gasteiger partial charge is 0.356 e. The molecule has 0 unspecified atom stereocenters. The van der Waals surface area contributed by atoms with Gasteiger partial charge in [-0.1, -0.05) is 0 Å². The lowest BCUT2D eigenvalue weighted by Crippen LogP contribution is -2.41. The van der Waals surface area contributed by atoms with E-state index in [1.165, 1.54) is 5.56 Å². The van der Waals surface area contributed by atoms with Crippen LogP contribution >= 0.6 is 11.8 Å². The number of amides is 1. The van der Waals surface area contributed by atoms with Gasteiger partial charge in [0.25, 0.3) is 0 Å². The Morgan fingerprint density at radius 2 is 2.58 bits per heavy atom. The Labute approximate surface area is 118 Å². The first-order valence-electron chi connectivity index (χ1n) is 6.81. The number of thioether (sulfide) groups is 1. The summed E-state index contributed by atoms with van der Waals surface area (Å²) in [6.45, 7) is 4.62. The van der Waals surface area contributed by atoms with Crippen LogP contribution in [0.4, 0.5) is 0 Å². The van der Waals surface area contributed by atoms with Crippen molar-refractivity contribution in [2.75, 3.05) is 24.6 Å². The zero-order valence-electron chi connectivity index (χ0n) is 11.4. The lowest BCUT2D eigenvalue weighted by atomic mass is 10.2. The van der Waals surface area contributed by atoms with Crippen molar-refractivity contribution in [2.45, 2.75) is 32.4 Å². The molecule has 2 heterocycles. The molecular formula is C13H22N4OS. The van der Waals surface area contributed by atoms with Gasteiger partial charge in [0.2, 0.25) is 5.91 Å². The van der Waals surface area contributed by atoms with Crippen molar-refractivity contribution in [1.82, 2.24) is 20.4 Å². The number of hydrogen-bond donors (Lipinski definition) is 2. The van der Waals surface area contributed by atoms with E-state index in [1.807, 2.05) is 35.8 Å². The van der Waals surface area contributed by atoms with E-state index in [2.05, 4.69) is 15.7 Å². The van der Waals surface area contributed by atoms with Crippen LogP contribution in [-0.4, -0.2) is 46.3 Å². The molecule has 0 aliphatic carbocycles. The number of aromatic nitrogens is 2. The van der Waals surface area contributed by atoms with Gasteiger partial charge in [0, 0.05) is 49.8 Å². The number of aryl methyl sites for hydroxylation is 2. The number of nitrogens with zero attached hydrogens (tertiary/aromatic N) is 2. The van der Waals surface area contributed by atoms with Gasteiger partial charge < -0.3 is 10.6 Å². The standard InChI is InChI=1S/C13H22N4OS/c1-11-8-16-17(9-11)5-2-3-15-13(18)7-12-10-19-6-4-14-12/h8-9,12,14H,2-7,10H2,1H3,(H,15,18)/t12-/m1/s1. The first kappa shape index (κ1) is 14.4. The maximum absolute atomic E-state index is 11.7. The number of carbonyl (C=O) groups excluding carboxylic acids is 1. The molecular weight excluding hydrogens is 260 g/mol. The molecule has 0 saturated carbocycles. The van der Waals surface area contributed by atoms with E-state index in [-0.39, 0.29) is 5.91 Å². The Hall–Kier alpha value is -1.01. The molecule has 0 bridgehead atoms. The quantitative estimate of drug-likeness (QED) is 0.758. The summed E-state index contributed by atoms with van der Waals surface area (Å²) in [7, 11) is 0. The molecule has 1 aromatic rings. The van der Waals surface area contributed by atoms with Crippen LogP contribution in [0.2, 0.25) is 0 Å². The molecule has 19 heavy (non-hydrogen) atoms. The van der Waals surface area contributed by atoms with Crippen molar-refractivity contribution in [1.29, 1.82) is 0 Å². The Kier molecular flexibility index (Phi) is 5.72. The summed E-state index contributed by atoms with van der Waals surface area (Å²) < 4.78 is 1.92. The van der Waals surface area contributed by atoms with Crippen LogP contribution in [0.15, 0.2) is 12.4 Å². The zero-order chi connectivity index (χ0) is 13.5. The molecule has 6 heteroatoms.